The zero-order chi connectivity index (χ0) is 23.4. The Kier molecular flexibility index (Phi) is 6.70. The molecule has 0 aliphatic heterocycles. The lowest BCUT2D eigenvalue weighted by Gasteiger charge is -2.11. The highest BCUT2D eigenvalue weighted by atomic mass is 31.2. The van der Waals surface area contributed by atoms with Crippen LogP contribution in [-0.4, -0.2) is 28.3 Å². The summed E-state index contributed by atoms with van der Waals surface area (Å²) in [5, 5.41) is 6.10. The number of hydrogen-bond acceptors (Lipinski definition) is 4. The van der Waals surface area contributed by atoms with E-state index in [9.17, 15) is 19.4 Å². The van der Waals surface area contributed by atoms with Gasteiger partial charge in [0.15, 0.2) is 5.78 Å². The predicted molar refractivity (Wildman–Crippen MR) is 133 cm³/mol. The van der Waals surface area contributed by atoms with Crippen molar-refractivity contribution >= 4 is 30.9 Å². The van der Waals surface area contributed by atoms with Crippen LogP contribution in [0.1, 0.15) is 29.6 Å². The molecule has 7 heteroatoms. The molecule has 33 heavy (non-hydrogen) atoms. The van der Waals surface area contributed by atoms with E-state index in [1.54, 1.807) is 12.1 Å². The Hall–Kier alpha value is -3.31. The lowest BCUT2D eigenvalue weighted by atomic mass is 9.99. The fourth-order valence-electron chi connectivity index (χ4n) is 3.99. The number of urea groups is 1. The summed E-state index contributed by atoms with van der Waals surface area (Å²) in [5.74, 6) is -0.132. The Morgan fingerprint density at radius 3 is 1.88 bits per heavy atom. The molecule has 0 aromatic heterocycles. The van der Waals surface area contributed by atoms with Crippen molar-refractivity contribution in [3.8, 4) is 11.1 Å². The second-order valence-electron chi connectivity index (χ2n) is 8.12. The van der Waals surface area contributed by atoms with Gasteiger partial charge >= 0.3 is 6.03 Å². The van der Waals surface area contributed by atoms with Gasteiger partial charge < -0.3 is 10.6 Å². The van der Waals surface area contributed by atoms with Crippen molar-refractivity contribution in [1.29, 1.82) is 0 Å². The molecule has 1 aliphatic rings. The number of hydrogen-bond donors (Lipinski definition) is 4. The first-order chi connectivity index (χ1) is 15.8. The van der Waals surface area contributed by atoms with Crippen LogP contribution >= 0.6 is 7.72 Å². The highest BCUT2D eigenvalue weighted by Crippen LogP contribution is 2.60. The molecule has 0 fully saturated rings. The maximum atomic E-state index is 12.9. The van der Waals surface area contributed by atoms with Crippen LogP contribution in [0.15, 0.2) is 89.8 Å². The van der Waals surface area contributed by atoms with Gasteiger partial charge in [0, 0.05) is 28.9 Å². The fourth-order valence-corrected chi connectivity index (χ4v) is 5.30. The van der Waals surface area contributed by atoms with Gasteiger partial charge in [-0.05, 0) is 48.2 Å². The number of ketones is 1. The van der Waals surface area contributed by atoms with E-state index in [0.717, 1.165) is 17.5 Å². The van der Waals surface area contributed by atoms with E-state index in [-0.39, 0.29) is 11.8 Å². The minimum Gasteiger partial charge on any atom is -0.308 e. The Balaban J connectivity index is 1.43. The molecular formula is C26H26N2O4P+. The van der Waals surface area contributed by atoms with Crippen molar-refractivity contribution in [2.45, 2.75) is 19.3 Å². The molecule has 4 rings (SSSR count). The molecule has 4 N–H and O–H groups in total. The lowest BCUT2D eigenvalue weighted by Crippen LogP contribution is -2.19. The molecule has 0 saturated carbocycles. The summed E-state index contributed by atoms with van der Waals surface area (Å²) in [6.07, 6.45) is 1.92. The molecule has 0 unspecified atom stereocenters. The first kappa shape index (κ1) is 22.9. The van der Waals surface area contributed by atoms with Crippen molar-refractivity contribution in [2.75, 3.05) is 17.3 Å². The zero-order valence-electron chi connectivity index (χ0n) is 18.3. The number of carbonyl (C=O) groups is 2. The molecule has 0 radical (unpaired) electrons. The van der Waals surface area contributed by atoms with Gasteiger partial charge in [0.2, 0.25) is 0 Å². The van der Waals surface area contributed by atoms with Crippen LogP contribution in [-0.2, 0) is 0 Å². The minimum atomic E-state index is -3.16. The normalized spacial score (nSPS) is 13.7. The van der Waals surface area contributed by atoms with E-state index in [1.807, 2.05) is 66.7 Å². The molecule has 168 valence electrons. The number of Topliss-reactive ketones (excluding diaryl/α,β-unsaturated/α-hetero) is 1. The summed E-state index contributed by atoms with van der Waals surface area (Å²) in [5.41, 5.74) is 4.36. The molecule has 0 atom stereocenters. The number of para-hydroxylation sites is 1. The number of amides is 2. The molecule has 3 aromatic carbocycles. The Bertz CT molecular complexity index is 1180. The first-order valence-electron chi connectivity index (χ1n) is 10.7. The molecule has 3 aromatic rings. The number of benzene rings is 3. The van der Waals surface area contributed by atoms with E-state index in [1.165, 1.54) is 6.66 Å². The van der Waals surface area contributed by atoms with Crippen molar-refractivity contribution < 1.29 is 19.4 Å². The van der Waals surface area contributed by atoms with Gasteiger partial charge in [0.1, 0.15) is 12.0 Å². The second-order valence-corrected chi connectivity index (χ2v) is 10.5. The SMILES string of the molecule is C[P+](O)(O)C1=C(C(=O)c2ccc(-c3ccc(NC(=O)Nc4ccccc4)cc3)cc2)CCC1. The van der Waals surface area contributed by atoms with Crippen molar-refractivity contribution in [2.24, 2.45) is 0 Å². The van der Waals surface area contributed by atoms with Crippen LogP contribution in [0.2, 0.25) is 0 Å². The van der Waals surface area contributed by atoms with E-state index in [4.69, 9.17) is 0 Å². The monoisotopic (exact) mass is 461 g/mol. The standard InChI is InChI=1S/C26H25N2O4P/c1-33(31,32)24-9-5-8-23(24)25(29)20-12-10-18(11-13-20)19-14-16-22(17-15-19)28-26(30)27-21-6-3-2-4-7-21/h2-4,6-7,10-17,31-32H,5,8-9H2,1H3,(H-,27,28,29,30)/p+1. The molecule has 2 amide bonds. The predicted octanol–water partition coefficient (Wildman–Crippen LogP) is 6.08. The molecule has 0 spiro atoms. The molecule has 0 bridgehead atoms. The summed E-state index contributed by atoms with van der Waals surface area (Å²) >= 11 is 0. The van der Waals surface area contributed by atoms with Crippen LogP contribution in [0.3, 0.4) is 0 Å². The van der Waals surface area contributed by atoms with Gasteiger partial charge in [-0.25, -0.2) is 14.6 Å². The van der Waals surface area contributed by atoms with E-state index in [2.05, 4.69) is 10.6 Å². The van der Waals surface area contributed by atoms with Gasteiger partial charge in [-0.2, -0.15) is 0 Å². The fraction of sp³-hybridized carbons (Fsp3) is 0.154. The summed E-state index contributed by atoms with van der Waals surface area (Å²) < 4.78 is 0. The minimum absolute atomic E-state index is 0.132. The highest BCUT2D eigenvalue weighted by Gasteiger charge is 2.40. The number of nitrogens with one attached hydrogen (secondary N) is 2. The number of anilines is 2. The van der Waals surface area contributed by atoms with E-state index >= 15 is 0 Å². The van der Waals surface area contributed by atoms with Crippen LogP contribution < -0.4 is 10.6 Å². The summed E-state index contributed by atoms with van der Waals surface area (Å²) in [4.78, 5) is 45.2. The van der Waals surface area contributed by atoms with Gasteiger partial charge in [-0.3, -0.25) is 4.79 Å². The Morgan fingerprint density at radius 2 is 1.30 bits per heavy atom. The van der Waals surface area contributed by atoms with Crippen LogP contribution in [0.4, 0.5) is 16.2 Å². The van der Waals surface area contributed by atoms with Crippen LogP contribution in [0, 0.1) is 0 Å². The molecule has 1 aliphatic carbocycles. The topological polar surface area (TPSA) is 98.7 Å². The second kappa shape index (κ2) is 9.67. The highest BCUT2D eigenvalue weighted by molar-refractivity contribution is 7.68. The third-order valence-electron chi connectivity index (χ3n) is 5.63. The van der Waals surface area contributed by atoms with Crippen molar-refractivity contribution in [3.05, 3.63) is 95.3 Å². The van der Waals surface area contributed by atoms with Crippen molar-refractivity contribution in [3.63, 3.8) is 0 Å². The maximum Gasteiger partial charge on any atom is 0.323 e. The number of rotatable bonds is 6. The van der Waals surface area contributed by atoms with Crippen molar-refractivity contribution in [1.82, 2.24) is 0 Å². The molecule has 6 nitrogen and oxygen atoms in total. The van der Waals surface area contributed by atoms with E-state index < -0.39 is 7.72 Å². The number of allylic oxidation sites excluding steroid dienone is 2. The lowest BCUT2D eigenvalue weighted by molar-refractivity contribution is 0.103. The molecule has 0 heterocycles. The van der Waals surface area contributed by atoms with Gasteiger partial charge in [-0.1, -0.05) is 54.6 Å². The van der Waals surface area contributed by atoms with Gasteiger partial charge in [-0.15, -0.1) is 0 Å². The van der Waals surface area contributed by atoms with Crippen LogP contribution in [0.5, 0.6) is 0 Å². The largest absolute Gasteiger partial charge is 0.323 e. The Morgan fingerprint density at radius 1 is 0.758 bits per heavy atom. The van der Waals surface area contributed by atoms with Gasteiger partial charge in [0.25, 0.3) is 7.72 Å². The maximum absolute atomic E-state index is 12.9. The summed E-state index contributed by atoms with van der Waals surface area (Å²) in [6.45, 7) is 1.41. The quantitative estimate of drug-likeness (QED) is 0.264. The average Bonchev–Trinajstić information content (AvgIpc) is 3.31. The van der Waals surface area contributed by atoms with Crippen LogP contribution in [0.25, 0.3) is 11.1 Å². The molecular weight excluding hydrogens is 435 g/mol. The summed E-state index contributed by atoms with van der Waals surface area (Å²) in [7, 11) is -3.16. The average molecular weight is 461 g/mol. The Labute approximate surface area is 193 Å². The smallest absolute Gasteiger partial charge is 0.308 e. The first-order valence-corrected chi connectivity index (χ1v) is 12.9. The van der Waals surface area contributed by atoms with Gasteiger partial charge in [0.05, 0.1) is 0 Å². The zero-order valence-corrected chi connectivity index (χ0v) is 19.2. The molecule has 0 saturated heterocycles. The third kappa shape index (κ3) is 5.55. The van der Waals surface area contributed by atoms with E-state index in [0.29, 0.717) is 40.7 Å². The summed E-state index contributed by atoms with van der Waals surface area (Å²) in [6, 6.07) is 23.6. The number of carbonyl (C=O) groups excluding carboxylic acids is 2. The third-order valence-corrected chi connectivity index (χ3v) is 7.15.